The average Bonchev–Trinajstić information content (AvgIpc) is 3.26. The lowest BCUT2D eigenvalue weighted by Gasteiger charge is -2.30. The Bertz CT molecular complexity index is 973. The van der Waals surface area contributed by atoms with Gasteiger partial charge in [-0.3, -0.25) is 4.79 Å². The van der Waals surface area contributed by atoms with Crippen LogP contribution in [-0.4, -0.2) is 41.1 Å². The maximum Gasteiger partial charge on any atom is 0.258 e. The second-order valence-electron chi connectivity index (χ2n) is 7.51. The van der Waals surface area contributed by atoms with Crippen molar-refractivity contribution in [2.24, 2.45) is 0 Å². The van der Waals surface area contributed by atoms with E-state index in [2.05, 4.69) is 10.1 Å². The largest absolute Gasteiger partial charge is 0.497 e. The number of aromatic nitrogens is 2. The van der Waals surface area contributed by atoms with Crippen LogP contribution in [0, 0.1) is 6.92 Å². The minimum Gasteiger partial charge on any atom is -0.497 e. The molecule has 3 aromatic rings. The van der Waals surface area contributed by atoms with Gasteiger partial charge >= 0.3 is 0 Å². The zero-order chi connectivity index (χ0) is 20.2. The molecule has 6 nitrogen and oxygen atoms in total. The SMILES string of the molecule is COc1cccc(-c2nc(C3CCN(C(=O)Cc4ccc(C)cc4)CC3)no2)c1. The topological polar surface area (TPSA) is 68.5 Å². The molecule has 4 rings (SSSR count). The maximum atomic E-state index is 12.6. The fourth-order valence-corrected chi connectivity index (χ4v) is 3.65. The Morgan fingerprint density at radius 1 is 1.17 bits per heavy atom. The Labute approximate surface area is 170 Å². The van der Waals surface area contributed by atoms with Gasteiger partial charge in [-0.1, -0.05) is 41.1 Å². The number of hydrogen-bond acceptors (Lipinski definition) is 5. The van der Waals surface area contributed by atoms with Crippen LogP contribution >= 0.6 is 0 Å². The number of aryl methyl sites for hydroxylation is 1. The summed E-state index contributed by atoms with van der Waals surface area (Å²) in [5.74, 6) is 2.35. The second-order valence-corrected chi connectivity index (χ2v) is 7.51. The van der Waals surface area contributed by atoms with Crippen molar-refractivity contribution in [2.45, 2.75) is 32.1 Å². The van der Waals surface area contributed by atoms with Gasteiger partial charge in [0.15, 0.2) is 5.82 Å². The molecule has 0 bridgehead atoms. The predicted molar refractivity (Wildman–Crippen MR) is 110 cm³/mol. The highest BCUT2D eigenvalue weighted by atomic mass is 16.5. The third-order valence-electron chi connectivity index (χ3n) is 5.45. The maximum absolute atomic E-state index is 12.6. The van der Waals surface area contributed by atoms with E-state index in [0.717, 1.165) is 42.8 Å². The van der Waals surface area contributed by atoms with Gasteiger partial charge in [0.2, 0.25) is 5.91 Å². The van der Waals surface area contributed by atoms with Crippen LogP contribution in [0.15, 0.2) is 53.1 Å². The first-order valence-corrected chi connectivity index (χ1v) is 9.94. The third kappa shape index (κ3) is 4.47. The molecule has 0 saturated carbocycles. The number of methoxy groups -OCH3 is 1. The molecule has 0 atom stereocenters. The molecule has 0 unspecified atom stereocenters. The number of hydrogen-bond donors (Lipinski definition) is 0. The summed E-state index contributed by atoms with van der Waals surface area (Å²) in [6.45, 7) is 3.49. The molecule has 0 radical (unpaired) electrons. The van der Waals surface area contributed by atoms with Gasteiger partial charge in [0.25, 0.3) is 5.89 Å². The van der Waals surface area contributed by atoms with Crippen LogP contribution in [0.4, 0.5) is 0 Å². The normalized spacial score (nSPS) is 14.8. The van der Waals surface area contributed by atoms with Gasteiger partial charge in [-0.15, -0.1) is 0 Å². The van der Waals surface area contributed by atoms with E-state index in [1.54, 1.807) is 7.11 Å². The molecule has 1 amide bonds. The van der Waals surface area contributed by atoms with Crippen molar-refractivity contribution < 1.29 is 14.1 Å². The molecule has 1 aliphatic rings. The molecule has 1 fully saturated rings. The minimum atomic E-state index is 0.178. The fourth-order valence-electron chi connectivity index (χ4n) is 3.65. The van der Waals surface area contributed by atoms with E-state index in [1.807, 2.05) is 60.4 Å². The van der Waals surface area contributed by atoms with Crippen molar-refractivity contribution in [1.82, 2.24) is 15.0 Å². The summed E-state index contributed by atoms with van der Waals surface area (Å²) in [6.07, 6.45) is 2.14. The highest BCUT2D eigenvalue weighted by molar-refractivity contribution is 5.78. The quantitative estimate of drug-likeness (QED) is 0.657. The summed E-state index contributed by atoms with van der Waals surface area (Å²) < 4.78 is 10.7. The van der Waals surface area contributed by atoms with E-state index in [9.17, 15) is 4.79 Å². The minimum absolute atomic E-state index is 0.178. The van der Waals surface area contributed by atoms with E-state index in [0.29, 0.717) is 18.1 Å². The highest BCUT2D eigenvalue weighted by Crippen LogP contribution is 2.29. The molecule has 2 heterocycles. The molecule has 0 N–H and O–H groups in total. The molecule has 150 valence electrons. The summed E-state index contributed by atoms with van der Waals surface area (Å²) in [6, 6.07) is 15.7. The first-order chi connectivity index (χ1) is 14.1. The highest BCUT2D eigenvalue weighted by Gasteiger charge is 2.27. The van der Waals surface area contributed by atoms with Crippen LogP contribution in [0.25, 0.3) is 11.5 Å². The van der Waals surface area contributed by atoms with E-state index in [-0.39, 0.29) is 11.8 Å². The lowest BCUT2D eigenvalue weighted by Crippen LogP contribution is -2.39. The van der Waals surface area contributed by atoms with Crippen molar-refractivity contribution in [2.75, 3.05) is 20.2 Å². The van der Waals surface area contributed by atoms with Crippen molar-refractivity contribution in [3.05, 3.63) is 65.5 Å². The number of rotatable bonds is 5. The summed E-state index contributed by atoms with van der Waals surface area (Å²) in [5.41, 5.74) is 3.10. The standard InChI is InChI=1S/C23H25N3O3/c1-16-6-8-17(9-7-16)14-21(27)26-12-10-18(11-13-26)22-24-23(29-25-22)19-4-3-5-20(15-19)28-2/h3-9,15,18H,10-14H2,1-2H3. The number of benzene rings is 2. The molecular formula is C23H25N3O3. The summed E-state index contributed by atoms with van der Waals surface area (Å²) >= 11 is 0. The van der Waals surface area contributed by atoms with Crippen LogP contribution in [0.2, 0.25) is 0 Å². The third-order valence-corrected chi connectivity index (χ3v) is 5.45. The van der Waals surface area contributed by atoms with E-state index < -0.39 is 0 Å². The van der Waals surface area contributed by atoms with Crippen molar-refractivity contribution in [3.63, 3.8) is 0 Å². The monoisotopic (exact) mass is 391 g/mol. The van der Waals surface area contributed by atoms with Crippen LogP contribution in [0.5, 0.6) is 5.75 Å². The summed E-state index contributed by atoms with van der Waals surface area (Å²) in [7, 11) is 1.63. The smallest absolute Gasteiger partial charge is 0.258 e. The van der Waals surface area contributed by atoms with Gasteiger partial charge in [0.1, 0.15) is 5.75 Å². The Morgan fingerprint density at radius 2 is 1.93 bits per heavy atom. The van der Waals surface area contributed by atoms with Gasteiger partial charge in [-0.2, -0.15) is 4.98 Å². The number of amides is 1. The van der Waals surface area contributed by atoms with Crippen molar-refractivity contribution >= 4 is 5.91 Å². The number of carbonyl (C=O) groups is 1. The number of likely N-dealkylation sites (tertiary alicyclic amines) is 1. The molecule has 1 saturated heterocycles. The predicted octanol–water partition coefficient (Wildman–Crippen LogP) is 4.00. The first-order valence-electron chi connectivity index (χ1n) is 9.94. The summed E-state index contributed by atoms with van der Waals surface area (Å²) in [4.78, 5) is 19.1. The van der Waals surface area contributed by atoms with Crippen LogP contribution < -0.4 is 4.74 Å². The number of nitrogens with zero attached hydrogens (tertiary/aromatic N) is 3. The lowest BCUT2D eigenvalue weighted by molar-refractivity contribution is -0.131. The van der Waals surface area contributed by atoms with E-state index in [1.165, 1.54) is 5.56 Å². The van der Waals surface area contributed by atoms with Crippen molar-refractivity contribution in [1.29, 1.82) is 0 Å². The van der Waals surface area contributed by atoms with Gasteiger partial charge in [-0.05, 0) is 43.5 Å². The molecule has 1 aromatic heterocycles. The van der Waals surface area contributed by atoms with Crippen LogP contribution in [0.1, 0.15) is 35.7 Å². The summed E-state index contributed by atoms with van der Waals surface area (Å²) in [5, 5.41) is 4.19. The molecule has 0 spiro atoms. The van der Waals surface area contributed by atoms with Crippen LogP contribution in [0.3, 0.4) is 0 Å². The van der Waals surface area contributed by atoms with E-state index in [4.69, 9.17) is 9.26 Å². The molecule has 29 heavy (non-hydrogen) atoms. The Hall–Kier alpha value is -3.15. The Morgan fingerprint density at radius 3 is 2.66 bits per heavy atom. The average molecular weight is 391 g/mol. The van der Waals surface area contributed by atoms with Gasteiger partial charge in [0, 0.05) is 24.6 Å². The van der Waals surface area contributed by atoms with E-state index >= 15 is 0 Å². The number of piperidine rings is 1. The Kier molecular flexibility index (Phi) is 5.60. The zero-order valence-corrected chi connectivity index (χ0v) is 16.8. The second kappa shape index (κ2) is 8.47. The lowest BCUT2D eigenvalue weighted by atomic mass is 9.95. The van der Waals surface area contributed by atoms with Crippen LogP contribution in [-0.2, 0) is 11.2 Å². The molecule has 1 aliphatic heterocycles. The molecular weight excluding hydrogens is 366 g/mol. The van der Waals surface area contributed by atoms with Gasteiger partial charge in [0.05, 0.1) is 13.5 Å². The number of ether oxygens (including phenoxy) is 1. The fraction of sp³-hybridized carbons (Fsp3) is 0.348. The molecule has 0 aliphatic carbocycles. The molecule has 2 aromatic carbocycles. The number of carbonyl (C=O) groups excluding carboxylic acids is 1. The van der Waals surface area contributed by atoms with Crippen molar-refractivity contribution in [3.8, 4) is 17.2 Å². The Balaban J connectivity index is 1.35. The first kappa shape index (κ1) is 19.2. The zero-order valence-electron chi connectivity index (χ0n) is 16.8. The van der Waals surface area contributed by atoms with Gasteiger partial charge < -0.3 is 14.2 Å². The van der Waals surface area contributed by atoms with Gasteiger partial charge in [-0.25, -0.2) is 0 Å². The molecule has 6 heteroatoms.